The third-order valence-corrected chi connectivity index (χ3v) is 3.94. The molecular weight excluding hydrogens is 298 g/mol. The summed E-state index contributed by atoms with van der Waals surface area (Å²) in [6.45, 7) is 10.6. The third kappa shape index (κ3) is 8.50. The van der Waals surface area contributed by atoms with Crippen molar-refractivity contribution in [1.29, 1.82) is 0 Å². The van der Waals surface area contributed by atoms with E-state index in [0.29, 0.717) is 33.0 Å². The van der Waals surface area contributed by atoms with E-state index in [-0.39, 0.29) is 11.6 Å². The molecule has 0 atom stereocenters. The van der Waals surface area contributed by atoms with Gasteiger partial charge in [-0.3, -0.25) is 0 Å². The average molecular weight is 332 g/mol. The van der Waals surface area contributed by atoms with Crippen molar-refractivity contribution in [2.45, 2.75) is 19.4 Å². The van der Waals surface area contributed by atoms with Crippen LogP contribution in [-0.2, 0) is 14.2 Å². The maximum atomic E-state index is 11.9. The first-order valence-corrected chi connectivity index (χ1v) is 8.29. The summed E-state index contributed by atoms with van der Waals surface area (Å²) in [5, 5.41) is 2.99. The van der Waals surface area contributed by atoms with Gasteiger partial charge in [0.25, 0.3) is 0 Å². The number of carbonyl (C=O) groups is 1. The summed E-state index contributed by atoms with van der Waals surface area (Å²) in [6.07, 6.45) is 0. The quantitative estimate of drug-likeness (QED) is 0.419. The normalized spacial score (nSPS) is 17.6. The first kappa shape index (κ1) is 20.2. The van der Waals surface area contributed by atoms with Crippen molar-refractivity contribution >= 4 is 6.03 Å². The lowest BCUT2D eigenvalue weighted by Crippen LogP contribution is -2.48. The standard InChI is InChI=1S/C16H33N3O4/c1-16(2)14-18(15(20)17-16)6-7-19(3,4)8-9-22-12-13-23-11-10-21-5/h6-14H2,1-5H3/p+1. The molecule has 0 spiro atoms. The van der Waals surface area contributed by atoms with Crippen molar-refractivity contribution in [2.75, 3.05) is 80.4 Å². The second kappa shape index (κ2) is 9.42. The van der Waals surface area contributed by atoms with Gasteiger partial charge in [-0.15, -0.1) is 0 Å². The number of nitrogens with zero attached hydrogens (tertiary/aromatic N) is 2. The summed E-state index contributed by atoms with van der Waals surface area (Å²) in [7, 11) is 5.99. The van der Waals surface area contributed by atoms with Crippen LogP contribution in [0.4, 0.5) is 4.79 Å². The van der Waals surface area contributed by atoms with Crippen molar-refractivity contribution in [3.63, 3.8) is 0 Å². The van der Waals surface area contributed by atoms with Crippen LogP contribution in [0.3, 0.4) is 0 Å². The SMILES string of the molecule is COCCOCCOCC[N+](C)(C)CCN1CC(C)(C)NC1=O. The smallest absolute Gasteiger partial charge is 0.318 e. The van der Waals surface area contributed by atoms with Gasteiger partial charge in [0.05, 0.1) is 65.8 Å². The second-order valence-electron chi connectivity index (χ2n) is 7.34. The molecule has 0 unspecified atom stereocenters. The topological polar surface area (TPSA) is 60.0 Å². The van der Waals surface area contributed by atoms with Crippen LogP contribution in [-0.4, -0.2) is 101 Å². The summed E-state index contributed by atoms with van der Waals surface area (Å²) in [5.74, 6) is 0. The van der Waals surface area contributed by atoms with Gasteiger partial charge in [-0.2, -0.15) is 0 Å². The number of nitrogens with one attached hydrogen (secondary N) is 1. The van der Waals surface area contributed by atoms with Gasteiger partial charge >= 0.3 is 6.03 Å². The summed E-state index contributed by atoms with van der Waals surface area (Å²) < 4.78 is 16.7. The van der Waals surface area contributed by atoms with Crippen LogP contribution in [0.1, 0.15) is 13.8 Å². The lowest BCUT2D eigenvalue weighted by molar-refractivity contribution is -0.890. The molecule has 1 heterocycles. The molecule has 7 heteroatoms. The van der Waals surface area contributed by atoms with Gasteiger partial charge in [0.15, 0.2) is 0 Å². The van der Waals surface area contributed by atoms with Crippen LogP contribution in [0.5, 0.6) is 0 Å². The maximum absolute atomic E-state index is 11.9. The summed E-state index contributed by atoms with van der Waals surface area (Å²) in [4.78, 5) is 13.8. The van der Waals surface area contributed by atoms with E-state index >= 15 is 0 Å². The Morgan fingerprint density at radius 2 is 1.70 bits per heavy atom. The summed E-state index contributed by atoms with van der Waals surface area (Å²) in [6, 6.07) is 0.0412. The van der Waals surface area contributed by atoms with Gasteiger partial charge in [-0.05, 0) is 13.8 Å². The number of hydrogen-bond donors (Lipinski definition) is 1. The van der Waals surface area contributed by atoms with Crippen LogP contribution in [0, 0.1) is 0 Å². The molecule has 23 heavy (non-hydrogen) atoms. The number of ether oxygens (including phenoxy) is 3. The predicted molar refractivity (Wildman–Crippen MR) is 89.5 cm³/mol. The van der Waals surface area contributed by atoms with Crippen molar-refractivity contribution in [3.05, 3.63) is 0 Å². The number of rotatable bonds is 12. The molecule has 2 amide bonds. The Morgan fingerprint density at radius 3 is 2.26 bits per heavy atom. The summed E-state index contributed by atoms with van der Waals surface area (Å²) in [5.41, 5.74) is -0.125. The van der Waals surface area contributed by atoms with E-state index in [0.717, 1.165) is 30.7 Å². The van der Waals surface area contributed by atoms with Crippen LogP contribution in [0.2, 0.25) is 0 Å². The van der Waals surface area contributed by atoms with E-state index in [4.69, 9.17) is 14.2 Å². The molecule has 0 aromatic heterocycles. The van der Waals surface area contributed by atoms with E-state index < -0.39 is 0 Å². The van der Waals surface area contributed by atoms with Crippen molar-refractivity contribution in [2.24, 2.45) is 0 Å². The minimum Gasteiger partial charge on any atom is -0.382 e. The Labute approximate surface area is 140 Å². The number of likely N-dealkylation sites (N-methyl/N-ethyl adjacent to an activating group) is 1. The lowest BCUT2D eigenvalue weighted by atomic mass is 10.1. The maximum Gasteiger partial charge on any atom is 0.318 e. The Balaban J connectivity index is 2.10. The van der Waals surface area contributed by atoms with Gasteiger partial charge < -0.3 is 28.9 Å². The molecular formula is C16H34N3O4+. The van der Waals surface area contributed by atoms with E-state index in [1.165, 1.54) is 0 Å². The number of methoxy groups -OCH3 is 1. The molecule has 1 rings (SSSR count). The van der Waals surface area contributed by atoms with Crippen LogP contribution in [0.25, 0.3) is 0 Å². The molecule has 0 radical (unpaired) electrons. The molecule has 1 fully saturated rings. The Hall–Kier alpha value is -0.890. The predicted octanol–water partition coefficient (Wildman–Crippen LogP) is 0.546. The van der Waals surface area contributed by atoms with Crippen molar-refractivity contribution < 1.29 is 23.5 Å². The zero-order valence-electron chi connectivity index (χ0n) is 15.4. The van der Waals surface area contributed by atoms with E-state index in [1.807, 2.05) is 18.7 Å². The average Bonchev–Trinajstić information content (AvgIpc) is 2.72. The summed E-state index contributed by atoms with van der Waals surface area (Å²) >= 11 is 0. The van der Waals surface area contributed by atoms with Gasteiger partial charge in [0.1, 0.15) is 6.54 Å². The van der Waals surface area contributed by atoms with Gasteiger partial charge in [-0.1, -0.05) is 0 Å². The van der Waals surface area contributed by atoms with Crippen LogP contribution in [0.15, 0.2) is 0 Å². The minimum atomic E-state index is -0.125. The van der Waals surface area contributed by atoms with Crippen LogP contribution < -0.4 is 5.32 Å². The van der Waals surface area contributed by atoms with Gasteiger partial charge in [0, 0.05) is 13.7 Å². The molecule has 0 aromatic carbocycles. The number of amides is 2. The molecule has 7 nitrogen and oxygen atoms in total. The molecule has 0 aliphatic carbocycles. The Bertz CT molecular complexity index is 361. The highest BCUT2D eigenvalue weighted by Crippen LogP contribution is 2.14. The second-order valence-corrected chi connectivity index (χ2v) is 7.34. The first-order valence-electron chi connectivity index (χ1n) is 8.29. The lowest BCUT2D eigenvalue weighted by Gasteiger charge is -2.31. The first-order chi connectivity index (χ1) is 10.8. The molecule has 136 valence electrons. The number of hydrogen-bond acceptors (Lipinski definition) is 4. The fourth-order valence-electron chi connectivity index (χ4n) is 2.42. The van der Waals surface area contributed by atoms with E-state index in [1.54, 1.807) is 7.11 Å². The Morgan fingerprint density at radius 1 is 1.09 bits per heavy atom. The Kier molecular flexibility index (Phi) is 8.25. The molecule has 0 aromatic rings. The number of carbonyl (C=O) groups excluding carboxylic acids is 1. The largest absolute Gasteiger partial charge is 0.382 e. The number of quaternary nitrogens is 1. The highest BCUT2D eigenvalue weighted by atomic mass is 16.5. The molecule has 1 aliphatic heterocycles. The van der Waals surface area contributed by atoms with Crippen molar-refractivity contribution in [3.8, 4) is 0 Å². The minimum absolute atomic E-state index is 0.0412. The third-order valence-electron chi connectivity index (χ3n) is 3.94. The highest BCUT2D eigenvalue weighted by Gasteiger charge is 2.35. The van der Waals surface area contributed by atoms with Crippen LogP contribution >= 0.6 is 0 Å². The van der Waals surface area contributed by atoms with E-state index in [2.05, 4.69) is 19.4 Å². The monoisotopic (exact) mass is 332 g/mol. The molecule has 1 aliphatic rings. The molecule has 0 saturated carbocycles. The van der Waals surface area contributed by atoms with E-state index in [9.17, 15) is 4.79 Å². The fraction of sp³-hybridized carbons (Fsp3) is 0.938. The van der Waals surface area contributed by atoms with Crippen molar-refractivity contribution in [1.82, 2.24) is 10.2 Å². The van der Waals surface area contributed by atoms with Gasteiger partial charge in [-0.25, -0.2) is 4.79 Å². The highest BCUT2D eigenvalue weighted by molar-refractivity contribution is 5.77. The molecule has 0 bridgehead atoms. The zero-order valence-corrected chi connectivity index (χ0v) is 15.4. The zero-order chi connectivity index (χ0) is 17.3. The molecule has 1 N–H and O–H groups in total. The van der Waals surface area contributed by atoms with Gasteiger partial charge in [0.2, 0.25) is 0 Å². The molecule has 1 saturated heterocycles. The number of urea groups is 1. The fourth-order valence-corrected chi connectivity index (χ4v) is 2.42.